The number of fused-ring (bicyclic) bond motifs is 10. The predicted octanol–water partition coefficient (Wildman–Crippen LogP) is 12.9. The molecule has 0 saturated carbocycles. The highest BCUT2D eigenvalue weighted by molar-refractivity contribution is 7.23. The molecule has 45 heavy (non-hydrogen) atoms. The van der Waals surface area contributed by atoms with E-state index in [1.807, 2.05) is 45.3 Å². The summed E-state index contributed by atoms with van der Waals surface area (Å²) in [5.74, 6) is 0. The first-order chi connectivity index (χ1) is 22.3. The summed E-state index contributed by atoms with van der Waals surface area (Å²) in [5.41, 5.74) is 13.1. The number of hydrogen-bond donors (Lipinski definition) is 0. The fraction of sp³-hybridized carbons (Fsp3) is 0.0244. The van der Waals surface area contributed by atoms with Crippen molar-refractivity contribution < 1.29 is 0 Å². The normalized spacial score (nSPS) is 13.5. The first-order valence-electron chi connectivity index (χ1n) is 15.1. The Labute approximate surface area is 278 Å². The predicted molar refractivity (Wildman–Crippen MR) is 196 cm³/mol. The maximum atomic E-state index is 2.50. The van der Waals surface area contributed by atoms with Crippen LogP contribution in [0.25, 0.3) is 62.6 Å². The first-order valence-corrected chi connectivity index (χ1v) is 18.5. The van der Waals surface area contributed by atoms with E-state index in [-0.39, 0.29) is 5.41 Å². The van der Waals surface area contributed by atoms with Crippen molar-refractivity contribution in [1.82, 2.24) is 0 Å². The lowest BCUT2D eigenvalue weighted by atomic mass is 9.70. The van der Waals surface area contributed by atoms with Crippen LogP contribution in [0.15, 0.2) is 144 Å². The van der Waals surface area contributed by atoms with Gasteiger partial charge in [-0.3, -0.25) is 0 Å². The summed E-state index contributed by atoms with van der Waals surface area (Å²) < 4.78 is 0. The van der Waals surface area contributed by atoms with E-state index in [0.717, 1.165) is 0 Å². The molecule has 4 heteroatoms. The molecular weight excluding hydrogens is 621 g/mol. The highest BCUT2D eigenvalue weighted by atomic mass is 32.1. The SMILES string of the molecule is c1csc(-c2ccc(-c3ccc4c(c3)C3(c5ccccc5-c5ccccc53)c3cc(-c5ccc(-c6cccs6)s5)ccc3-4)s2)c1. The molecule has 4 aromatic carbocycles. The van der Waals surface area contributed by atoms with Crippen LogP contribution >= 0.6 is 45.3 Å². The molecule has 0 nitrogen and oxygen atoms in total. The lowest BCUT2D eigenvalue weighted by Gasteiger charge is -2.31. The quantitative estimate of drug-likeness (QED) is 0.179. The van der Waals surface area contributed by atoms with Crippen molar-refractivity contribution in [2.45, 2.75) is 5.41 Å². The van der Waals surface area contributed by atoms with Gasteiger partial charge in [-0.2, -0.15) is 0 Å². The molecule has 1 spiro atoms. The molecular formula is C41H24S4. The summed E-state index contributed by atoms with van der Waals surface area (Å²) in [6.45, 7) is 0. The van der Waals surface area contributed by atoms with E-state index in [9.17, 15) is 0 Å². The van der Waals surface area contributed by atoms with Crippen LogP contribution in [0.5, 0.6) is 0 Å². The summed E-state index contributed by atoms with van der Waals surface area (Å²) in [6.07, 6.45) is 0. The van der Waals surface area contributed by atoms with Gasteiger partial charge in [-0.05, 0) is 115 Å². The molecule has 0 unspecified atom stereocenters. The topological polar surface area (TPSA) is 0 Å². The van der Waals surface area contributed by atoms with Crippen LogP contribution in [0.4, 0.5) is 0 Å². The molecule has 0 saturated heterocycles. The Bertz CT molecular complexity index is 2210. The Morgan fingerprint density at radius 1 is 0.333 bits per heavy atom. The van der Waals surface area contributed by atoms with Gasteiger partial charge in [0.1, 0.15) is 0 Å². The van der Waals surface area contributed by atoms with Gasteiger partial charge in [0.15, 0.2) is 0 Å². The van der Waals surface area contributed by atoms with Crippen LogP contribution in [0, 0.1) is 0 Å². The lowest BCUT2D eigenvalue weighted by Crippen LogP contribution is -2.26. The highest BCUT2D eigenvalue weighted by Crippen LogP contribution is 2.63. The molecule has 2 aliphatic rings. The minimum absolute atomic E-state index is 0.369. The standard InChI is InChI=1S/C41H24S4/c1-3-9-31-27(7-1)28-8-2-4-10-32(28)41(31)33-23-25(35-17-19-39(44-35)37-11-5-21-42-37)13-15-29(33)30-16-14-26(24-34(30)41)36-18-20-40(45-36)38-12-6-22-43-38/h1-24H. The van der Waals surface area contributed by atoms with Crippen LogP contribution < -0.4 is 0 Å². The molecule has 0 amide bonds. The smallest absolute Gasteiger partial charge is 0.0725 e. The zero-order valence-electron chi connectivity index (χ0n) is 24.0. The fourth-order valence-corrected chi connectivity index (χ4v) is 11.2. The van der Waals surface area contributed by atoms with Gasteiger partial charge in [-0.1, -0.05) is 84.9 Å². The van der Waals surface area contributed by atoms with Crippen molar-refractivity contribution in [3.8, 4) is 62.6 Å². The molecule has 212 valence electrons. The van der Waals surface area contributed by atoms with Crippen LogP contribution in [-0.4, -0.2) is 0 Å². The van der Waals surface area contributed by atoms with E-state index in [1.54, 1.807) is 0 Å². The zero-order chi connectivity index (χ0) is 29.5. The van der Waals surface area contributed by atoms with Crippen LogP contribution in [0.2, 0.25) is 0 Å². The zero-order valence-corrected chi connectivity index (χ0v) is 27.3. The van der Waals surface area contributed by atoms with E-state index >= 15 is 0 Å². The average molecular weight is 645 g/mol. The van der Waals surface area contributed by atoms with Crippen LogP contribution in [0.3, 0.4) is 0 Å². The Balaban J connectivity index is 1.21. The molecule has 2 aliphatic carbocycles. The second-order valence-electron chi connectivity index (χ2n) is 11.6. The minimum Gasteiger partial charge on any atom is -0.143 e. The molecule has 0 N–H and O–H groups in total. The monoisotopic (exact) mass is 644 g/mol. The van der Waals surface area contributed by atoms with Gasteiger partial charge in [-0.15, -0.1) is 45.3 Å². The fourth-order valence-electron chi connectivity index (χ4n) is 7.53. The molecule has 4 aromatic heterocycles. The third kappa shape index (κ3) is 3.68. The second-order valence-corrected chi connectivity index (χ2v) is 15.7. The van der Waals surface area contributed by atoms with Crippen LogP contribution in [-0.2, 0) is 5.41 Å². The summed E-state index contributed by atoms with van der Waals surface area (Å²) in [5, 5.41) is 4.32. The van der Waals surface area contributed by atoms with E-state index in [2.05, 4.69) is 144 Å². The summed E-state index contributed by atoms with van der Waals surface area (Å²) >= 11 is 7.39. The van der Waals surface area contributed by atoms with Crippen molar-refractivity contribution in [1.29, 1.82) is 0 Å². The van der Waals surface area contributed by atoms with Gasteiger partial charge in [0.25, 0.3) is 0 Å². The van der Waals surface area contributed by atoms with Crippen molar-refractivity contribution in [2.75, 3.05) is 0 Å². The maximum absolute atomic E-state index is 2.50. The number of rotatable bonds is 4. The van der Waals surface area contributed by atoms with Crippen molar-refractivity contribution in [2.24, 2.45) is 0 Å². The van der Waals surface area contributed by atoms with E-state index in [1.165, 1.54) is 84.9 Å². The number of thiophene rings is 4. The number of hydrogen-bond acceptors (Lipinski definition) is 4. The minimum atomic E-state index is -0.369. The van der Waals surface area contributed by atoms with E-state index < -0.39 is 0 Å². The molecule has 0 radical (unpaired) electrons. The molecule has 4 heterocycles. The summed E-state index contributed by atoms with van der Waals surface area (Å²) in [6, 6.07) is 50.5. The van der Waals surface area contributed by atoms with Gasteiger partial charge < -0.3 is 0 Å². The molecule has 0 fully saturated rings. The molecule has 8 aromatic rings. The maximum Gasteiger partial charge on any atom is 0.0725 e. The van der Waals surface area contributed by atoms with E-state index in [0.29, 0.717) is 0 Å². The van der Waals surface area contributed by atoms with Gasteiger partial charge in [0.05, 0.1) is 5.41 Å². The van der Waals surface area contributed by atoms with Gasteiger partial charge in [-0.25, -0.2) is 0 Å². The second kappa shape index (κ2) is 9.84. The molecule has 0 aliphatic heterocycles. The van der Waals surface area contributed by atoms with Gasteiger partial charge in [0.2, 0.25) is 0 Å². The van der Waals surface area contributed by atoms with E-state index in [4.69, 9.17) is 0 Å². The molecule has 0 atom stereocenters. The average Bonchev–Trinajstić information content (AvgIpc) is 3.94. The Morgan fingerprint density at radius 3 is 1.24 bits per heavy atom. The van der Waals surface area contributed by atoms with Crippen molar-refractivity contribution in [3.05, 3.63) is 166 Å². The van der Waals surface area contributed by atoms with Crippen LogP contribution in [0.1, 0.15) is 22.3 Å². The Kier molecular flexibility index (Phi) is 5.67. The van der Waals surface area contributed by atoms with Gasteiger partial charge >= 0.3 is 0 Å². The van der Waals surface area contributed by atoms with Gasteiger partial charge in [0, 0.05) is 29.3 Å². The summed E-state index contributed by atoms with van der Waals surface area (Å²) in [4.78, 5) is 7.95. The Morgan fingerprint density at radius 2 is 0.778 bits per heavy atom. The molecule has 0 bridgehead atoms. The number of benzene rings is 4. The third-order valence-corrected chi connectivity index (χ3v) is 13.8. The molecule has 10 rings (SSSR count). The van der Waals surface area contributed by atoms with Crippen molar-refractivity contribution >= 4 is 45.3 Å². The first kappa shape index (κ1) is 26.0. The third-order valence-electron chi connectivity index (χ3n) is 9.40. The Hall–Kier alpha value is -4.32. The largest absolute Gasteiger partial charge is 0.143 e. The lowest BCUT2D eigenvalue weighted by molar-refractivity contribution is 0.794. The van der Waals surface area contributed by atoms with Crippen molar-refractivity contribution in [3.63, 3.8) is 0 Å². The highest BCUT2D eigenvalue weighted by Gasteiger charge is 2.51. The summed E-state index contributed by atoms with van der Waals surface area (Å²) in [7, 11) is 0.